The normalized spacial score (nSPS) is 12.4. The highest BCUT2D eigenvalue weighted by molar-refractivity contribution is 5.27. The highest BCUT2D eigenvalue weighted by atomic mass is 16.5. The van der Waals surface area contributed by atoms with Crippen LogP contribution >= 0.6 is 0 Å². The lowest BCUT2D eigenvalue weighted by Gasteiger charge is -2.13. The molecule has 1 rings (SSSR count). The lowest BCUT2D eigenvalue weighted by atomic mass is 10.1. The third-order valence-corrected chi connectivity index (χ3v) is 2.79. The maximum Gasteiger partial charge on any atom is 0.119 e. The van der Waals surface area contributed by atoms with E-state index in [1.807, 2.05) is 0 Å². The standard InChI is InChI=1S/C15H25NO/c1-4-6-7-14-8-10-15(11-9-14)17-12-13(3)16-5-2/h8-11,13,16H,4-7,12H2,1-3H3. The molecule has 0 spiro atoms. The molecule has 0 amide bonds. The zero-order valence-electron chi connectivity index (χ0n) is 11.3. The first-order valence-corrected chi connectivity index (χ1v) is 6.71. The fourth-order valence-corrected chi connectivity index (χ4v) is 1.76. The maximum atomic E-state index is 5.72. The van der Waals surface area contributed by atoms with E-state index in [4.69, 9.17) is 4.74 Å². The molecule has 2 nitrogen and oxygen atoms in total. The average molecular weight is 235 g/mol. The summed E-state index contributed by atoms with van der Waals surface area (Å²) in [4.78, 5) is 0. The van der Waals surface area contributed by atoms with Crippen LogP contribution in [-0.2, 0) is 6.42 Å². The average Bonchev–Trinajstić information content (AvgIpc) is 2.35. The first-order valence-electron chi connectivity index (χ1n) is 6.71. The lowest BCUT2D eigenvalue weighted by Crippen LogP contribution is -2.31. The predicted octanol–water partition coefficient (Wildman–Crippen LogP) is 3.41. The first kappa shape index (κ1) is 14.0. The Morgan fingerprint density at radius 2 is 1.88 bits per heavy atom. The number of benzene rings is 1. The van der Waals surface area contributed by atoms with E-state index in [2.05, 4.69) is 50.4 Å². The Balaban J connectivity index is 2.34. The van der Waals surface area contributed by atoms with Crippen molar-refractivity contribution in [3.63, 3.8) is 0 Å². The van der Waals surface area contributed by atoms with Crippen LogP contribution in [0, 0.1) is 0 Å². The third-order valence-electron chi connectivity index (χ3n) is 2.79. The zero-order chi connectivity index (χ0) is 12.5. The summed E-state index contributed by atoms with van der Waals surface area (Å²) in [6.07, 6.45) is 3.68. The van der Waals surface area contributed by atoms with Crippen LogP contribution < -0.4 is 10.1 Å². The number of aryl methyl sites for hydroxylation is 1. The van der Waals surface area contributed by atoms with Gasteiger partial charge in [-0.05, 0) is 44.0 Å². The van der Waals surface area contributed by atoms with Gasteiger partial charge in [0.1, 0.15) is 12.4 Å². The van der Waals surface area contributed by atoms with Crippen molar-refractivity contribution in [3.8, 4) is 5.75 Å². The molecule has 0 bridgehead atoms. The number of unbranched alkanes of at least 4 members (excludes halogenated alkanes) is 1. The summed E-state index contributed by atoms with van der Waals surface area (Å²) in [5, 5.41) is 3.33. The molecule has 0 aliphatic rings. The molecular formula is C15H25NO. The first-order chi connectivity index (χ1) is 8.26. The van der Waals surface area contributed by atoms with Crippen LogP contribution in [0.2, 0.25) is 0 Å². The Morgan fingerprint density at radius 3 is 2.47 bits per heavy atom. The van der Waals surface area contributed by atoms with Crippen molar-refractivity contribution in [2.24, 2.45) is 0 Å². The van der Waals surface area contributed by atoms with E-state index in [1.165, 1.54) is 24.8 Å². The third kappa shape index (κ3) is 5.73. The van der Waals surface area contributed by atoms with Crippen LogP contribution in [0.25, 0.3) is 0 Å². The second-order valence-corrected chi connectivity index (χ2v) is 4.52. The van der Waals surface area contributed by atoms with Gasteiger partial charge in [0.05, 0.1) is 0 Å². The smallest absolute Gasteiger partial charge is 0.119 e. The molecule has 0 fully saturated rings. The van der Waals surface area contributed by atoms with E-state index < -0.39 is 0 Å². The molecule has 1 unspecified atom stereocenters. The Kier molecular flexibility index (Phi) is 6.71. The minimum absolute atomic E-state index is 0.403. The molecule has 96 valence electrons. The summed E-state index contributed by atoms with van der Waals surface area (Å²) in [7, 11) is 0. The second kappa shape index (κ2) is 8.13. The zero-order valence-corrected chi connectivity index (χ0v) is 11.3. The van der Waals surface area contributed by atoms with Crippen LogP contribution in [0.4, 0.5) is 0 Å². The summed E-state index contributed by atoms with van der Waals surface area (Å²) in [6, 6.07) is 8.89. The number of hydrogen-bond acceptors (Lipinski definition) is 2. The fourth-order valence-electron chi connectivity index (χ4n) is 1.76. The van der Waals surface area contributed by atoms with Crippen LogP contribution in [0.1, 0.15) is 39.2 Å². The van der Waals surface area contributed by atoms with Gasteiger partial charge in [-0.1, -0.05) is 32.4 Å². The van der Waals surface area contributed by atoms with Crippen molar-refractivity contribution in [2.75, 3.05) is 13.2 Å². The van der Waals surface area contributed by atoms with Gasteiger partial charge >= 0.3 is 0 Å². The van der Waals surface area contributed by atoms with E-state index >= 15 is 0 Å². The van der Waals surface area contributed by atoms with Gasteiger partial charge in [0.25, 0.3) is 0 Å². The Labute approximate surface area is 105 Å². The summed E-state index contributed by atoms with van der Waals surface area (Å²) >= 11 is 0. The Morgan fingerprint density at radius 1 is 1.18 bits per heavy atom. The van der Waals surface area contributed by atoms with E-state index in [1.54, 1.807) is 0 Å². The van der Waals surface area contributed by atoms with E-state index in [0.29, 0.717) is 6.04 Å². The van der Waals surface area contributed by atoms with Crippen LogP contribution in [-0.4, -0.2) is 19.2 Å². The maximum absolute atomic E-state index is 5.72. The molecule has 2 heteroatoms. The molecule has 0 saturated carbocycles. The van der Waals surface area contributed by atoms with Crippen molar-refractivity contribution < 1.29 is 4.74 Å². The summed E-state index contributed by atoms with van der Waals surface area (Å²) in [5.74, 6) is 0.968. The quantitative estimate of drug-likeness (QED) is 0.745. The van der Waals surface area contributed by atoms with Gasteiger partial charge in [0.2, 0.25) is 0 Å². The fraction of sp³-hybridized carbons (Fsp3) is 0.600. The number of rotatable bonds is 8. The number of ether oxygens (including phenoxy) is 1. The molecule has 0 aliphatic carbocycles. The molecule has 17 heavy (non-hydrogen) atoms. The van der Waals surface area contributed by atoms with Crippen LogP contribution in [0.3, 0.4) is 0 Å². The van der Waals surface area contributed by atoms with E-state index in [9.17, 15) is 0 Å². The molecule has 1 atom stereocenters. The topological polar surface area (TPSA) is 21.3 Å². The number of hydrogen-bond donors (Lipinski definition) is 1. The highest BCUT2D eigenvalue weighted by Gasteiger charge is 2.01. The predicted molar refractivity (Wildman–Crippen MR) is 73.7 cm³/mol. The van der Waals surface area contributed by atoms with Crippen molar-refractivity contribution in [2.45, 2.75) is 46.1 Å². The summed E-state index contributed by atoms with van der Waals surface area (Å²) in [5.41, 5.74) is 1.40. The van der Waals surface area contributed by atoms with E-state index in [-0.39, 0.29) is 0 Å². The van der Waals surface area contributed by atoms with Crippen molar-refractivity contribution in [1.82, 2.24) is 5.32 Å². The van der Waals surface area contributed by atoms with E-state index in [0.717, 1.165) is 18.9 Å². The van der Waals surface area contributed by atoms with Gasteiger partial charge in [-0.25, -0.2) is 0 Å². The minimum Gasteiger partial charge on any atom is -0.492 e. The summed E-state index contributed by atoms with van der Waals surface area (Å²) in [6.45, 7) is 8.18. The molecule has 0 aromatic heterocycles. The minimum atomic E-state index is 0.403. The monoisotopic (exact) mass is 235 g/mol. The van der Waals surface area contributed by atoms with Crippen molar-refractivity contribution in [1.29, 1.82) is 0 Å². The van der Waals surface area contributed by atoms with Crippen molar-refractivity contribution in [3.05, 3.63) is 29.8 Å². The molecule has 0 radical (unpaired) electrons. The van der Waals surface area contributed by atoms with Gasteiger partial charge in [0.15, 0.2) is 0 Å². The molecule has 1 aromatic carbocycles. The molecule has 1 N–H and O–H groups in total. The highest BCUT2D eigenvalue weighted by Crippen LogP contribution is 2.14. The van der Waals surface area contributed by atoms with Gasteiger partial charge in [-0.15, -0.1) is 0 Å². The van der Waals surface area contributed by atoms with Gasteiger partial charge < -0.3 is 10.1 Å². The molecule has 0 heterocycles. The Hall–Kier alpha value is -1.02. The molecule has 0 aliphatic heterocycles. The number of likely N-dealkylation sites (N-methyl/N-ethyl adjacent to an activating group) is 1. The molecule has 0 saturated heterocycles. The largest absolute Gasteiger partial charge is 0.492 e. The SMILES string of the molecule is CCCCc1ccc(OCC(C)NCC)cc1. The van der Waals surface area contributed by atoms with Gasteiger partial charge in [0, 0.05) is 6.04 Å². The van der Waals surface area contributed by atoms with Crippen LogP contribution in [0.5, 0.6) is 5.75 Å². The lowest BCUT2D eigenvalue weighted by molar-refractivity contribution is 0.275. The summed E-state index contributed by atoms with van der Waals surface area (Å²) < 4.78 is 5.72. The van der Waals surface area contributed by atoms with Crippen molar-refractivity contribution >= 4 is 0 Å². The van der Waals surface area contributed by atoms with Gasteiger partial charge in [-0.3, -0.25) is 0 Å². The van der Waals surface area contributed by atoms with Crippen LogP contribution in [0.15, 0.2) is 24.3 Å². The second-order valence-electron chi connectivity index (χ2n) is 4.52. The van der Waals surface area contributed by atoms with Gasteiger partial charge in [-0.2, -0.15) is 0 Å². The Bertz CT molecular complexity index is 294. The molecular weight excluding hydrogens is 210 g/mol. The number of nitrogens with one attached hydrogen (secondary N) is 1. The molecule has 1 aromatic rings.